The Morgan fingerprint density at radius 2 is 1.25 bits per heavy atom. The Hall–Kier alpha value is -2.92. The van der Waals surface area contributed by atoms with Gasteiger partial charge in [-0.15, -0.1) is 0 Å². The number of thioether (sulfide) groups is 1. The van der Waals surface area contributed by atoms with Crippen LogP contribution in [0.5, 0.6) is 0 Å². The summed E-state index contributed by atoms with van der Waals surface area (Å²) in [7, 11) is 0. The van der Waals surface area contributed by atoms with E-state index < -0.39 is 23.4 Å². The number of imide groups is 1. The van der Waals surface area contributed by atoms with Crippen LogP contribution in [0.1, 0.15) is 26.3 Å². The van der Waals surface area contributed by atoms with E-state index in [9.17, 15) is 9.59 Å². The molecule has 0 aromatic heterocycles. The van der Waals surface area contributed by atoms with Crippen LogP contribution in [-0.4, -0.2) is 28.3 Å². The Labute approximate surface area is 167 Å². The summed E-state index contributed by atoms with van der Waals surface area (Å²) in [5, 5.41) is 0. The molecule has 0 bridgehead atoms. The highest BCUT2D eigenvalue weighted by Gasteiger charge is 2.43. The number of hydrogen-bond acceptors (Lipinski definition) is 3. The average molecular weight is 391 g/mol. The molecule has 0 radical (unpaired) electrons. The van der Waals surface area contributed by atoms with Crippen LogP contribution in [0.4, 0.5) is 4.39 Å². The Morgan fingerprint density at radius 1 is 0.750 bits per heavy atom. The standard InChI is InChI=1S/C23H18FNO2S/c24-21(28-17-11-5-2-6-12-17)20(15-16-9-3-1-4-10-16)25-22(26)18-13-7-8-14-19(18)23(25)27/h1-14,20-21H,15H2/t20-,21?/m0/s1. The van der Waals surface area contributed by atoms with Gasteiger partial charge in [0.2, 0.25) is 0 Å². The van der Waals surface area contributed by atoms with Crippen LogP contribution in [0.15, 0.2) is 89.8 Å². The van der Waals surface area contributed by atoms with Gasteiger partial charge in [0.15, 0.2) is 5.50 Å². The summed E-state index contributed by atoms with van der Waals surface area (Å²) >= 11 is 1.03. The van der Waals surface area contributed by atoms with Gasteiger partial charge in [-0.05, 0) is 36.2 Å². The minimum atomic E-state index is -1.45. The largest absolute Gasteiger partial charge is 0.269 e. The summed E-state index contributed by atoms with van der Waals surface area (Å²) < 4.78 is 15.5. The van der Waals surface area contributed by atoms with E-state index in [4.69, 9.17) is 0 Å². The summed E-state index contributed by atoms with van der Waals surface area (Å²) in [5.41, 5.74) is 0.0927. The zero-order valence-corrected chi connectivity index (χ0v) is 15.8. The molecule has 0 saturated carbocycles. The van der Waals surface area contributed by atoms with E-state index in [0.717, 1.165) is 27.1 Å². The van der Waals surface area contributed by atoms with Gasteiger partial charge in [0.1, 0.15) is 0 Å². The molecule has 3 nitrogen and oxygen atoms in total. The van der Waals surface area contributed by atoms with Gasteiger partial charge in [0.25, 0.3) is 11.8 Å². The third-order valence-corrected chi connectivity index (χ3v) is 5.82. The van der Waals surface area contributed by atoms with E-state index in [1.165, 1.54) is 0 Å². The average Bonchev–Trinajstić information content (AvgIpc) is 2.98. The molecule has 0 fully saturated rings. The van der Waals surface area contributed by atoms with E-state index in [-0.39, 0.29) is 6.42 Å². The topological polar surface area (TPSA) is 37.4 Å². The highest BCUT2D eigenvalue weighted by Crippen LogP contribution is 2.34. The number of carbonyl (C=O) groups is 2. The summed E-state index contributed by atoms with van der Waals surface area (Å²) in [6.45, 7) is 0. The Kier molecular flexibility index (Phi) is 5.26. The third kappa shape index (κ3) is 3.58. The van der Waals surface area contributed by atoms with Crippen molar-refractivity contribution in [2.45, 2.75) is 22.9 Å². The number of benzene rings is 3. The van der Waals surface area contributed by atoms with Crippen molar-refractivity contribution in [3.63, 3.8) is 0 Å². The molecule has 1 unspecified atom stereocenters. The molecule has 0 spiro atoms. The van der Waals surface area contributed by atoms with Crippen LogP contribution in [-0.2, 0) is 6.42 Å². The van der Waals surface area contributed by atoms with Crippen molar-refractivity contribution in [3.05, 3.63) is 102 Å². The predicted molar refractivity (Wildman–Crippen MR) is 108 cm³/mol. The SMILES string of the molecule is O=C1c2ccccc2C(=O)N1[C@@H](Cc1ccccc1)C(F)Sc1ccccc1. The first-order valence-electron chi connectivity index (χ1n) is 9.02. The lowest BCUT2D eigenvalue weighted by molar-refractivity contribution is 0.0543. The number of alkyl halides is 1. The van der Waals surface area contributed by atoms with E-state index >= 15 is 4.39 Å². The molecule has 4 rings (SSSR count). The molecule has 140 valence electrons. The maximum atomic E-state index is 15.5. The van der Waals surface area contributed by atoms with Crippen molar-refractivity contribution in [2.24, 2.45) is 0 Å². The minimum absolute atomic E-state index is 0.257. The lowest BCUT2D eigenvalue weighted by Crippen LogP contribution is -2.45. The van der Waals surface area contributed by atoms with Gasteiger partial charge < -0.3 is 0 Å². The number of halogens is 1. The Morgan fingerprint density at radius 3 is 1.82 bits per heavy atom. The van der Waals surface area contributed by atoms with Gasteiger partial charge in [0.05, 0.1) is 17.2 Å². The second-order valence-electron chi connectivity index (χ2n) is 6.57. The number of rotatable bonds is 6. The van der Waals surface area contributed by atoms with Crippen LogP contribution in [0.3, 0.4) is 0 Å². The summed E-state index contributed by atoms with van der Waals surface area (Å²) in [4.78, 5) is 27.7. The molecule has 3 aromatic rings. The van der Waals surface area contributed by atoms with Crippen molar-refractivity contribution in [3.8, 4) is 0 Å². The smallest absolute Gasteiger partial charge is 0.261 e. The van der Waals surface area contributed by atoms with Crippen molar-refractivity contribution in [2.75, 3.05) is 0 Å². The van der Waals surface area contributed by atoms with Gasteiger partial charge in [0, 0.05) is 4.90 Å². The lowest BCUT2D eigenvalue weighted by atomic mass is 10.1. The molecular weight excluding hydrogens is 373 g/mol. The fourth-order valence-corrected chi connectivity index (χ4v) is 4.32. The molecule has 0 aliphatic carbocycles. The molecule has 1 aliphatic heterocycles. The maximum Gasteiger partial charge on any atom is 0.261 e. The molecule has 2 atom stereocenters. The van der Waals surface area contributed by atoms with Crippen molar-refractivity contribution in [1.29, 1.82) is 0 Å². The van der Waals surface area contributed by atoms with Crippen LogP contribution in [0, 0.1) is 0 Å². The van der Waals surface area contributed by atoms with Crippen LogP contribution < -0.4 is 0 Å². The zero-order chi connectivity index (χ0) is 19.5. The molecule has 5 heteroatoms. The van der Waals surface area contributed by atoms with Gasteiger partial charge in [-0.2, -0.15) is 0 Å². The zero-order valence-electron chi connectivity index (χ0n) is 15.0. The number of amides is 2. The molecule has 2 amide bonds. The van der Waals surface area contributed by atoms with Crippen molar-refractivity contribution < 1.29 is 14.0 Å². The number of nitrogens with zero attached hydrogens (tertiary/aromatic N) is 1. The molecule has 0 saturated heterocycles. The second kappa shape index (κ2) is 7.98. The van der Waals surface area contributed by atoms with Gasteiger partial charge in [-0.25, -0.2) is 4.39 Å². The van der Waals surface area contributed by atoms with Crippen molar-refractivity contribution in [1.82, 2.24) is 4.90 Å². The highest BCUT2D eigenvalue weighted by molar-refractivity contribution is 7.99. The highest BCUT2D eigenvalue weighted by atomic mass is 32.2. The molecule has 1 aliphatic rings. The fraction of sp³-hybridized carbons (Fsp3) is 0.130. The summed E-state index contributed by atoms with van der Waals surface area (Å²) in [6.07, 6.45) is 0.257. The number of carbonyl (C=O) groups excluding carboxylic acids is 2. The van der Waals surface area contributed by atoms with E-state index in [0.29, 0.717) is 11.1 Å². The maximum absolute atomic E-state index is 15.5. The van der Waals surface area contributed by atoms with Crippen LogP contribution in [0.25, 0.3) is 0 Å². The van der Waals surface area contributed by atoms with Crippen LogP contribution in [0.2, 0.25) is 0 Å². The van der Waals surface area contributed by atoms with Gasteiger partial charge >= 0.3 is 0 Å². The first-order valence-corrected chi connectivity index (χ1v) is 9.90. The van der Waals surface area contributed by atoms with Crippen molar-refractivity contribution >= 4 is 23.6 Å². The normalized spacial score (nSPS) is 15.4. The van der Waals surface area contributed by atoms with E-state index in [2.05, 4.69) is 0 Å². The lowest BCUT2D eigenvalue weighted by Gasteiger charge is -2.29. The molecule has 0 N–H and O–H groups in total. The first kappa shape index (κ1) is 18.4. The third-order valence-electron chi connectivity index (χ3n) is 4.74. The summed E-state index contributed by atoms with van der Waals surface area (Å²) in [5.74, 6) is -0.865. The van der Waals surface area contributed by atoms with Crippen LogP contribution >= 0.6 is 11.8 Å². The Bertz CT molecular complexity index is 959. The van der Waals surface area contributed by atoms with Gasteiger partial charge in [-0.3, -0.25) is 14.5 Å². The number of fused-ring (bicyclic) bond motifs is 1. The first-order chi connectivity index (χ1) is 13.6. The minimum Gasteiger partial charge on any atom is -0.269 e. The van der Waals surface area contributed by atoms with E-state index in [1.54, 1.807) is 24.3 Å². The number of hydrogen-bond donors (Lipinski definition) is 0. The quantitative estimate of drug-likeness (QED) is 0.439. The predicted octanol–water partition coefficient (Wildman–Crippen LogP) is 4.98. The van der Waals surface area contributed by atoms with E-state index in [1.807, 2.05) is 60.7 Å². The molecule has 3 aromatic carbocycles. The second-order valence-corrected chi connectivity index (χ2v) is 7.72. The molecule has 28 heavy (non-hydrogen) atoms. The summed E-state index contributed by atoms with van der Waals surface area (Å²) in [6, 6.07) is 24.3. The fourth-order valence-electron chi connectivity index (χ4n) is 3.37. The molecular formula is C23H18FNO2S. The monoisotopic (exact) mass is 391 g/mol. The molecule has 1 heterocycles. The Balaban J connectivity index is 1.67. The van der Waals surface area contributed by atoms with Gasteiger partial charge in [-0.1, -0.05) is 72.4 Å².